The van der Waals surface area contributed by atoms with E-state index in [1.807, 2.05) is 6.07 Å². The van der Waals surface area contributed by atoms with Gasteiger partial charge in [-0.3, -0.25) is 4.90 Å². The van der Waals surface area contributed by atoms with E-state index in [1.54, 1.807) is 0 Å². The first-order chi connectivity index (χ1) is 7.86. The van der Waals surface area contributed by atoms with Gasteiger partial charge in [-0.1, -0.05) is 35.5 Å². The second-order valence-corrected chi connectivity index (χ2v) is 4.85. The number of fused-ring (bicyclic) bond motifs is 1. The van der Waals surface area contributed by atoms with Crippen molar-refractivity contribution in [3.05, 3.63) is 35.9 Å². The van der Waals surface area contributed by atoms with Crippen molar-refractivity contribution < 1.29 is 5.21 Å². The summed E-state index contributed by atoms with van der Waals surface area (Å²) in [5.41, 5.74) is 2.31. The van der Waals surface area contributed by atoms with Gasteiger partial charge in [0.05, 0.1) is 5.71 Å². The van der Waals surface area contributed by atoms with Crippen LogP contribution in [0, 0.1) is 11.8 Å². The lowest BCUT2D eigenvalue weighted by atomic mass is 10.1. The molecule has 1 aromatic carbocycles. The number of hydrogen-bond donors (Lipinski definition) is 1. The Bertz CT molecular complexity index is 402. The highest BCUT2D eigenvalue weighted by Crippen LogP contribution is 2.43. The summed E-state index contributed by atoms with van der Waals surface area (Å²) in [5.74, 6) is 1.32. The molecule has 2 fully saturated rings. The summed E-state index contributed by atoms with van der Waals surface area (Å²) in [6, 6.07) is 10.5. The van der Waals surface area contributed by atoms with Crippen molar-refractivity contribution >= 4 is 5.71 Å². The average Bonchev–Trinajstić information content (AvgIpc) is 3.08. The summed E-state index contributed by atoms with van der Waals surface area (Å²) in [6.07, 6.45) is 1.21. The summed E-state index contributed by atoms with van der Waals surface area (Å²) in [4.78, 5) is 2.37. The van der Waals surface area contributed by atoms with Crippen LogP contribution < -0.4 is 0 Å². The summed E-state index contributed by atoms with van der Waals surface area (Å²) in [6.45, 7) is 2.94. The molecule has 84 valence electrons. The number of benzene rings is 1. The van der Waals surface area contributed by atoms with Gasteiger partial charge in [0, 0.05) is 25.6 Å². The highest BCUT2D eigenvalue weighted by molar-refractivity contribution is 5.91. The van der Waals surface area contributed by atoms with Gasteiger partial charge in [-0.2, -0.15) is 0 Å². The number of rotatable bonds is 2. The molecule has 1 heterocycles. The number of piperidine rings is 1. The van der Waals surface area contributed by atoms with Gasteiger partial charge in [0.1, 0.15) is 0 Å². The molecule has 1 aliphatic carbocycles. The fourth-order valence-electron chi connectivity index (χ4n) is 2.67. The second-order valence-electron chi connectivity index (χ2n) is 4.85. The first kappa shape index (κ1) is 9.85. The minimum atomic E-state index is 0.581. The minimum Gasteiger partial charge on any atom is -0.411 e. The Hall–Kier alpha value is -1.35. The van der Waals surface area contributed by atoms with Crippen LogP contribution in [0.3, 0.4) is 0 Å². The maximum Gasteiger partial charge on any atom is 0.0744 e. The third kappa shape index (κ3) is 1.83. The van der Waals surface area contributed by atoms with Crippen LogP contribution in [0.5, 0.6) is 0 Å². The van der Waals surface area contributed by atoms with Crippen molar-refractivity contribution in [2.45, 2.75) is 13.0 Å². The highest BCUT2D eigenvalue weighted by Gasteiger charge is 2.46. The predicted octanol–water partition coefficient (Wildman–Crippen LogP) is 1.97. The second kappa shape index (κ2) is 3.91. The van der Waals surface area contributed by atoms with E-state index in [0.29, 0.717) is 5.92 Å². The van der Waals surface area contributed by atoms with E-state index >= 15 is 0 Å². The molecule has 2 aliphatic rings. The topological polar surface area (TPSA) is 35.8 Å². The van der Waals surface area contributed by atoms with Crippen LogP contribution in [0.25, 0.3) is 0 Å². The van der Waals surface area contributed by atoms with Crippen molar-refractivity contribution in [3.8, 4) is 0 Å². The van der Waals surface area contributed by atoms with Crippen molar-refractivity contribution in [3.63, 3.8) is 0 Å². The quantitative estimate of drug-likeness (QED) is 0.606. The average molecular weight is 216 g/mol. The fourth-order valence-corrected chi connectivity index (χ4v) is 2.67. The van der Waals surface area contributed by atoms with Gasteiger partial charge in [0.25, 0.3) is 0 Å². The predicted molar refractivity (Wildman–Crippen MR) is 62.5 cm³/mol. The Labute approximate surface area is 95.4 Å². The maximum absolute atomic E-state index is 8.93. The molecule has 1 aliphatic heterocycles. The molecule has 0 bridgehead atoms. The molecule has 0 amide bonds. The molecule has 2 atom stereocenters. The van der Waals surface area contributed by atoms with Crippen LogP contribution in [0.2, 0.25) is 0 Å². The van der Waals surface area contributed by atoms with Crippen molar-refractivity contribution in [2.24, 2.45) is 17.0 Å². The van der Waals surface area contributed by atoms with Gasteiger partial charge in [-0.25, -0.2) is 0 Å². The summed E-state index contributed by atoms with van der Waals surface area (Å²) < 4.78 is 0. The van der Waals surface area contributed by atoms with E-state index < -0.39 is 0 Å². The molecular weight excluding hydrogens is 200 g/mol. The first-order valence-corrected chi connectivity index (χ1v) is 5.84. The Morgan fingerprint density at radius 1 is 1.31 bits per heavy atom. The molecule has 3 rings (SSSR count). The molecule has 0 spiro atoms. The number of nitrogens with zero attached hydrogens (tertiary/aromatic N) is 2. The lowest BCUT2D eigenvalue weighted by molar-refractivity contribution is 0.258. The summed E-state index contributed by atoms with van der Waals surface area (Å²) in [7, 11) is 0. The summed E-state index contributed by atoms with van der Waals surface area (Å²) >= 11 is 0. The molecule has 3 heteroatoms. The number of hydrogen-bond acceptors (Lipinski definition) is 3. The molecule has 1 saturated heterocycles. The molecule has 1 N–H and O–H groups in total. The van der Waals surface area contributed by atoms with Crippen LogP contribution in [0.15, 0.2) is 35.5 Å². The normalized spacial score (nSPS) is 31.4. The summed E-state index contributed by atoms with van der Waals surface area (Å²) in [5, 5.41) is 12.4. The zero-order valence-corrected chi connectivity index (χ0v) is 9.21. The third-order valence-electron chi connectivity index (χ3n) is 3.61. The lowest BCUT2D eigenvalue weighted by Crippen LogP contribution is -2.37. The highest BCUT2D eigenvalue weighted by atomic mass is 16.4. The van der Waals surface area contributed by atoms with E-state index in [0.717, 1.165) is 31.3 Å². The Kier molecular flexibility index (Phi) is 2.40. The molecule has 16 heavy (non-hydrogen) atoms. The van der Waals surface area contributed by atoms with Crippen molar-refractivity contribution in [1.29, 1.82) is 0 Å². The zero-order chi connectivity index (χ0) is 11.0. The molecule has 3 nitrogen and oxygen atoms in total. The molecule has 2 unspecified atom stereocenters. The van der Waals surface area contributed by atoms with Crippen LogP contribution in [-0.2, 0) is 6.54 Å². The van der Waals surface area contributed by atoms with Crippen molar-refractivity contribution in [2.75, 3.05) is 13.1 Å². The number of oxime groups is 1. The van der Waals surface area contributed by atoms with Gasteiger partial charge < -0.3 is 5.21 Å². The third-order valence-corrected chi connectivity index (χ3v) is 3.61. The molecular formula is C13H16N2O. The van der Waals surface area contributed by atoms with Gasteiger partial charge in [-0.15, -0.1) is 0 Å². The smallest absolute Gasteiger partial charge is 0.0744 e. The van der Waals surface area contributed by atoms with Gasteiger partial charge in [-0.05, 0) is 17.9 Å². The minimum absolute atomic E-state index is 0.581. The standard InChI is InChI=1S/C13H16N2O/c16-14-13-9-15(8-11-6-12(11)13)7-10-4-2-1-3-5-10/h1-5,11-12,16H,6-9H2. The van der Waals surface area contributed by atoms with E-state index in [-0.39, 0.29) is 0 Å². The SMILES string of the molecule is ON=C1CN(Cc2ccccc2)CC2CC12. The van der Waals surface area contributed by atoms with Crippen LogP contribution >= 0.6 is 0 Å². The van der Waals surface area contributed by atoms with Crippen LogP contribution in [0.4, 0.5) is 0 Å². The van der Waals surface area contributed by atoms with Crippen LogP contribution in [-0.4, -0.2) is 28.9 Å². The molecule has 1 saturated carbocycles. The molecule has 0 aromatic heterocycles. The van der Waals surface area contributed by atoms with Gasteiger partial charge >= 0.3 is 0 Å². The van der Waals surface area contributed by atoms with E-state index in [1.165, 1.54) is 12.0 Å². The molecule has 1 aromatic rings. The fraction of sp³-hybridized carbons (Fsp3) is 0.462. The Morgan fingerprint density at radius 2 is 2.12 bits per heavy atom. The zero-order valence-electron chi connectivity index (χ0n) is 9.21. The largest absolute Gasteiger partial charge is 0.411 e. The maximum atomic E-state index is 8.93. The first-order valence-electron chi connectivity index (χ1n) is 5.84. The van der Waals surface area contributed by atoms with E-state index in [2.05, 4.69) is 34.3 Å². The number of likely N-dealkylation sites (tertiary alicyclic amines) is 1. The Balaban J connectivity index is 1.68. The van der Waals surface area contributed by atoms with E-state index in [4.69, 9.17) is 5.21 Å². The monoisotopic (exact) mass is 216 g/mol. The van der Waals surface area contributed by atoms with Gasteiger partial charge in [0.15, 0.2) is 0 Å². The lowest BCUT2D eigenvalue weighted by Gasteiger charge is -2.26. The van der Waals surface area contributed by atoms with E-state index in [9.17, 15) is 0 Å². The van der Waals surface area contributed by atoms with Crippen molar-refractivity contribution in [1.82, 2.24) is 4.90 Å². The van der Waals surface area contributed by atoms with Gasteiger partial charge in [0.2, 0.25) is 0 Å². The Morgan fingerprint density at radius 3 is 2.88 bits per heavy atom. The van der Waals surface area contributed by atoms with Crippen LogP contribution in [0.1, 0.15) is 12.0 Å². The molecule has 0 radical (unpaired) electrons.